The predicted molar refractivity (Wildman–Crippen MR) is 71.4 cm³/mol. The highest BCUT2D eigenvalue weighted by atomic mass is 32.2. The number of nitrogens with zero attached hydrogens (tertiary/aromatic N) is 3. The molecule has 2 aromatic rings. The molecule has 0 unspecified atom stereocenters. The number of aromatic amines is 1. The first-order valence-electron chi connectivity index (χ1n) is 5.87. The first kappa shape index (κ1) is 15.1. The lowest BCUT2D eigenvalue weighted by Gasteiger charge is -2.06. The van der Waals surface area contributed by atoms with Crippen LogP contribution in [0, 0.1) is 0 Å². The summed E-state index contributed by atoms with van der Waals surface area (Å²) in [7, 11) is -2.32. The lowest BCUT2D eigenvalue weighted by molar-refractivity contribution is 0.0600. The zero-order valence-corrected chi connectivity index (χ0v) is 11.9. The Labute approximate surface area is 120 Å². The van der Waals surface area contributed by atoms with Crippen LogP contribution < -0.4 is 4.72 Å². The Balaban J connectivity index is 2.04. The number of tetrazole rings is 1. The van der Waals surface area contributed by atoms with Gasteiger partial charge in [0.15, 0.2) is 5.82 Å². The molecule has 0 aliphatic rings. The Bertz CT molecular complexity index is 714. The van der Waals surface area contributed by atoms with Gasteiger partial charge in [0.2, 0.25) is 10.0 Å². The normalized spacial score (nSPS) is 11.3. The third kappa shape index (κ3) is 4.33. The van der Waals surface area contributed by atoms with Crippen molar-refractivity contribution in [2.45, 2.75) is 12.3 Å². The van der Waals surface area contributed by atoms with E-state index in [1.807, 2.05) is 0 Å². The van der Waals surface area contributed by atoms with Crippen LogP contribution in [-0.4, -0.2) is 42.1 Å². The van der Waals surface area contributed by atoms with E-state index in [1.165, 1.54) is 13.2 Å². The van der Waals surface area contributed by atoms with Crippen LogP contribution >= 0.6 is 0 Å². The summed E-state index contributed by atoms with van der Waals surface area (Å²) >= 11 is 0. The van der Waals surface area contributed by atoms with Crippen LogP contribution in [0.15, 0.2) is 24.3 Å². The molecule has 112 valence electrons. The van der Waals surface area contributed by atoms with Crippen LogP contribution in [0.2, 0.25) is 0 Å². The van der Waals surface area contributed by atoms with Crippen LogP contribution in [0.5, 0.6) is 0 Å². The summed E-state index contributed by atoms with van der Waals surface area (Å²) in [6.45, 7) is -0.0600. The van der Waals surface area contributed by atoms with Gasteiger partial charge in [-0.3, -0.25) is 0 Å². The van der Waals surface area contributed by atoms with E-state index in [-0.39, 0.29) is 18.1 Å². The van der Waals surface area contributed by atoms with Crippen molar-refractivity contribution in [2.75, 3.05) is 7.11 Å². The van der Waals surface area contributed by atoms with Gasteiger partial charge >= 0.3 is 5.97 Å². The van der Waals surface area contributed by atoms with E-state index < -0.39 is 16.0 Å². The second kappa shape index (κ2) is 6.41. The summed E-state index contributed by atoms with van der Waals surface area (Å²) in [5.74, 6) is -0.550. The minimum Gasteiger partial charge on any atom is -0.465 e. The number of sulfonamides is 1. The number of H-pyrrole nitrogens is 1. The molecule has 0 fully saturated rings. The lowest BCUT2D eigenvalue weighted by atomic mass is 10.1. The van der Waals surface area contributed by atoms with Crippen molar-refractivity contribution >= 4 is 16.0 Å². The van der Waals surface area contributed by atoms with Crippen LogP contribution in [-0.2, 0) is 27.1 Å². The first-order valence-corrected chi connectivity index (χ1v) is 7.52. The van der Waals surface area contributed by atoms with E-state index in [4.69, 9.17) is 0 Å². The van der Waals surface area contributed by atoms with Crippen molar-refractivity contribution < 1.29 is 17.9 Å². The number of nitrogens with one attached hydrogen (secondary N) is 2. The molecule has 9 nitrogen and oxygen atoms in total. The smallest absolute Gasteiger partial charge is 0.337 e. The van der Waals surface area contributed by atoms with Crippen molar-refractivity contribution in [3.63, 3.8) is 0 Å². The molecule has 0 atom stereocenters. The number of ether oxygens (including phenoxy) is 1. The van der Waals surface area contributed by atoms with Gasteiger partial charge in [0.05, 0.1) is 25.0 Å². The zero-order chi connectivity index (χ0) is 15.3. The maximum Gasteiger partial charge on any atom is 0.337 e. The average molecular weight is 311 g/mol. The summed E-state index contributed by atoms with van der Waals surface area (Å²) in [6.07, 6.45) is 0. The van der Waals surface area contributed by atoms with Crippen LogP contribution in [0.4, 0.5) is 0 Å². The first-order chi connectivity index (χ1) is 10.00. The van der Waals surface area contributed by atoms with Crippen LogP contribution in [0.3, 0.4) is 0 Å². The van der Waals surface area contributed by atoms with Gasteiger partial charge in [0.25, 0.3) is 0 Å². The Hall–Kier alpha value is -2.33. The summed E-state index contributed by atoms with van der Waals surface area (Å²) < 4.78 is 30.8. The largest absolute Gasteiger partial charge is 0.465 e. The number of methoxy groups -OCH3 is 1. The molecule has 0 bridgehead atoms. The van der Waals surface area contributed by atoms with Gasteiger partial charge in [-0.1, -0.05) is 17.3 Å². The second-order valence-corrected chi connectivity index (χ2v) is 5.91. The fourth-order valence-corrected chi connectivity index (χ4v) is 2.68. The maximum absolute atomic E-state index is 11.9. The van der Waals surface area contributed by atoms with Gasteiger partial charge in [0, 0.05) is 0 Å². The molecule has 0 aliphatic heterocycles. The molecule has 2 rings (SSSR count). The number of benzene rings is 1. The molecule has 1 heterocycles. The van der Waals surface area contributed by atoms with Crippen LogP contribution in [0.1, 0.15) is 21.7 Å². The molecule has 1 aromatic carbocycles. The quantitative estimate of drug-likeness (QED) is 0.695. The molecule has 0 saturated heterocycles. The van der Waals surface area contributed by atoms with E-state index in [9.17, 15) is 13.2 Å². The molecule has 0 saturated carbocycles. The van der Waals surface area contributed by atoms with Crippen molar-refractivity contribution in [3.05, 3.63) is 41.2 Å². The SMILES string of the molecule is COC(=O)c1cccc(CS(=O)(=O)NCc2nn[nH]n2)c1. The summed E-state index contributed by atoms with van der Waals surface area (Å²) in [6, 6.07) is 6.23. The molecule has 2 N–H and O–H groups in total. The Morgan fingerprint density at radius 3 is 2.90 bits per heavy atom. The minimum absolute atomic E-state index is 0.0600. The predicted octanol–water partition coefficient (Wildman–Crippen LogP) is -0.394. The van der Waals surface area contributed by atoms with Crippen molar-refractivity contribution in [3.8, 4) is 0 Å². The van der Waals surface area contributed by atoms with Gasteiger partial charge in [-0.25, -0.2) is 17.9 Å². The molecule has 0 spiro atoms. The highest BCUT2D eigenvalue weighted by Gasteiger charge is 2.14. The van der Waals surface area contributed by atoms with Gasteiger partial charge in [0.1, 0.15) is 0 Å². The van der Waals surface area contributed by atoms with Crippen molar-refractivity contribution in [1.82, 2.24) is 25.3 Å². The molecule has 10 heteroatoms. The number of hydrogen-bond acceptors (Lipinski definition) is 7. The number of aromatic nitrogens is 4. The Morgan fingerprint density at radius 2 is 2.24 bits per heavy atom. The minimum atomic E-state index is -3.58. The fourth-order valence-electron chi connectivity index (χ4n) is 1.61. The molecule has 0 radical (unpaired) electrons. The third-order valence-electron chi connectivity index (χ3n) is 2.54. The molecule has 1 aromatic heterocycles. The second-order valence-electron chi connectivity index (χ2n) is 4.10. The monoisotopic (exact) mass is 311 g/mol. The van der Waals surface area contributed by atoms with E-state index in [1.54, 1.807) is 18.2 Å². The number of hydrogen-bond donors (Lipinski definition) is 2. The van der Waals surface area contributed by atoms with Crippen molar-refractivity contribution in [2.24, 2.45) is 0 Å². The van der Waals surface area contributed by atoms with Crippen LogP contribution in [0.25, 0.3) is 0 Å². The van der Waals surface area contributed by atoms with E-state index in [0.29, 0.717) is 11.1 Å². The van der Waals surface area contributed by atoms with Gasteiger partial charge < -0.3 is 4.74 Å². The van der Waals surface area contributed by atoms with E-state index >= 15 is 0 Å². The molecule has 21 heavy (non-hydrogen) atoms. The Morgan fingerprint density at radius 1 is 1.43 bits per heavy atom. The number of carbonyl (C=O) groups excluding carboxylic acids is 1. The van der Waals surface area contributed by atoms with Gasteiger partial charge in [-0.2, -0.15) is 5.21 Å². The summed E-state index contributed by atoms with van der Waals surface area (Å²) in [5, 5.41) is 12.8. The molecule has 0 aliphatic carbocycles. The number of carbonyl (C=O) groups is 1. The average Bonchev–Trinajstić information content (AvgIpc) is 2.97. The third-order valence-corrected chi connectivity index (χ3v) is 3.84. The topological polar surface area (TPSA) is 127 Å². The Kier molecular flexibility index (Phi) is 4.60. The standard InChI is InChI=1S/C11H13N5O4S/c1-20-11(17)9-4-2-3-8(5-9)7-21(18,19)12-6-10-13-15-16-14-10/h2-5,12H,6-7H2,1H3,(H,13,14,15,16). The summed E-state index contributed by atoms with van der Waals surface area (Å²) in [5.41, 5.74) is 0.766. The molecular weight excluding hydrogens is 298 g/mol. The van der Waals surface area contributed by atoms with Crippen molar-refractivity contribution in [1.29, 1.82) is 0 Å². The van der Waals surface area contributed by atoms with Gasteiger partial charge in [-0.05, 0) is 17.7 Å². The highest BCUT2D eigenvalue weighted by molar-refractivity contribution is 7.88. The fraction of sp³-hybridized carbons (Fsp3) is 0.273. The van der Waals surface area contributed by atoms with E-state index in [2.05, 4.69) is 30.1 Å². The number of esters is 1. The number of rotatable bonds is 6. The molecular formula is C11H13N5O4S. The maximum atomic E-state index is 11.9. The zero-order valence-electron chi connectivity index (χ0n) is 11.1. The lowest BCUT2D eigenvalue weighted by Crippen LogP contribution is -2.25. The summed E-state index contributed by atoms with van der Waals surface area (Å²) in [4.78, 5) is 11.4. The van der Waals surface area contributed by atoms with E-state index in [0.717, 1.165) is 0 Å². The van der Waals surface area contributed by atoms with Gasteiger partial charge in [-0.15, -0.1) is 10.2 Å². The molecule has 0 amide bonds. The highest BCUT2D eigenvalue weighted by Crippen LogP contribution is 2.10.